The van der Waals surface area contributed by atoms with Gasteiger partial charge < -0.3 is 10.4 Å². The van der Waals surface area contributed by atoms with Gasteiger partial charge in [-0.3, -0.25) is 9.89 Å². The Morgan fingerprint density at radius 2 is 2.00 bits per heavy atom. The second-order valence-corrected chi connectivity index (χ2v) is 5.77. The van der Waals surface area contributed by atoms with Crippen LogP contribution in [0.2, 0.25) is 0 Å². The fraction of sp³-hybridized carbons (Fsp3) is 0.211. The maximum Gasteiger partial charge on any atom is 0.251 e. The minimum absolute atomic E-state index is 0.00362. The molecule has 1 amide bonds. The molecule has 0 saturated heterocycles. The average molecular weight is 336 g/mol. The van der Waals surface area contributed by atoms with Crippen LogP contribution in [0.4, 0.5) is 0 Å². The fourth-order valence-corrected chi connectivity index (χ4v) is 2.65. The third-order valence-corrected chi connectivity index (χ3v) is 3.91. The molecule has 1 aromatic heterocycles. The SMILES string of the molecule is Cc1nc(-c2cccc(C(=O)NC(CCO)c3ccccc3)c2)n[nH]1. The maximum absolute atomic E-state index is 12.7. The van der Waals surface area contributed by atoms with Gasteiger partial charge in [0.1, 0.15) is 5.82 Å². The van der Waals surface area contributed by atoms with Crippen molar-refractivity contribution < 1.29 is 9.90 Å². The van der Waals surface area contributed by atoms with Crippen LogP contribution in [-0.2, 0) is 0 Å². The van der Waals surface area contributed by atoms with Gasteiger partial charge in [-0.2, -0.15) is 5.10 Å². The molecule has 3 rings (SSSR count). The van der Waals surface area contributed by atoms with Crippen molar-refractivity contribution in [1.82, 2.24) is 20.5 Å². The first-order chi connectivity index (χ1) is 12.2. The highest BCUT2D eigenvalue weighted by molar-refractivity contribution is 5.95. The molecule has 1 atom stereocenters. The summed E-state index contributed by atoms with van der Waals surface area (Å²) in [5, 5.41) is 19.2. The molecule has 25 heavy (non-hydrogen) atoms. The Morgan fingerprint density at radius 1 is 1.20 bits per heavy atom. The van der Waals surface area contributed by atoms with Gasteiger partial charge >= 0.3 is 0 Å². The summed E-state index contributed by atoms with van der Waals surface area (Å²) in [7, 11) is 0. The summed E-state index contributed by atoms with van der Waals surface area (Å²) in [6.45, 7) is 1.82. The normalized spacial score (nSPS) is 11.9. The van der Waals surface area contributed by atoms with Crippen LogP contribution in [-0.4, -0.2) is 32.8 Å². The number of benzene rings is 2. The van der Waals surface area contributed by atoms with Crippen LogP contribution >= 0.6 is 0 Å². The lowest BCUT2D eigenvalue weighted by atomic mass is 10.0. The van der Waals surface area contributed by atoms with Gasteiger partial charge in [0.2, 0.25) is 0 Å². The predicted molar refractivity (Wildman–Crippen MR) is 94.9 cm³/mol. The van der Waals surface area contributed by atoms with Gasteiger partial charge in [-0.1, -0.05) is 42.5 Å². The topological polar surface area (TPSA) is 90.9 Å². The molecule has 0 bridgehead atoms. The van der Waals surface area contributed by atoms with Crippen LogP contribution in [0.25, 0.3) is 11.4 Å². The molecule has 0 aliphatic carbocycles. The summed E-state index contributed by atoms with van der Waals surface area (Å²) in [6, 6.07) is 16.6. The summed E-state index contributed by atoms with van der Waals surface area (Å²) in [5.74, 6) is 1.08. The van der Waals surface area contributed by atoms with E-state index in [0.29, 0.717) is 17.8 Å². The lowest BCUT2D eigenvalue weighted by Gasteiger charge is -2.18. The lowest BCUT2D eigenvalue weighted by molar-refractivity contribution is 0.0930. The first-order valence-electron chi connectivity index (χ1n) is 8.13. The second-order valence-electron chi connectivity index (χ2n) is 5.77. The zero-order valence-electron chi connectivity index (χ0n) is 13.9. The Hall–Kier alpha value is -2.99. The summed E-state index contributed by atoms with van der Waals surface area (Å²) in [5.41, 5.74) is 2.26. The molecule has 0 radical (unpaired) electrons. The van der Waals surface area contributed by atoms with Gasteiger partial charge in [0.25, 0.3) is 5.91 Å². The monoisotopic (exact) mass is 336 g/mol. The minimum Gasteiger partial charge on any atom is -0.396 e. The van der Waals surface area contributed by atoms with Gasteiger partial charge in [0.15, 0.2) is 5.82 Å². The van der Waals surface area contributed by atoms with E-state index in [1.165, 1.54) is 0 Å². The van der Waals surface area contributed by atoms with Crippen LogP contribution < -0.4 is 5.32 Å². The third kappa shape index (κ3) is 4.10. The van der Waals surface area contributed by atoms with Crippen LogP contribution in [0, 0.1) is 6.92 Å². The number of rotatable bonds is 6. The molecule has 6 nitrogen and oxygen atoms in total. The first kappa shape index (κ1) is 16.9. The molecule has 3 aromatic rings. The number of H-pyrrole nitrogens is 1. The third-order valence-electron chi connectivity index (χ3n) is 3.91. The first-order valence-corrected chi connectivity index (χ1v) is 8.13. The molecule has 0 aliphatic heterocycles. The van der Waals surface area contributed by atoms with Gasteiger partial charge in [-0.05, 0) is 31.0 Å². The number of carbonyl (C=O) groups is 1. The molecule has 128 valence electrons. The van der Waals surface area contributed by atoms with E-state index >= 15 is 0 Å². The average Bonchev–Trinajstić information content (AvgIpc) is 3.08. The Bertz CT molecular complexity index is 845. The van der Waals surface area contributed by atoms with E-state index in [1.807, 2.05) is 43.3 Å². The lowest BCUT2D eigenvalue weighted by Crippen LogP contribution is -2.29. The number of aliphatic hydroxyl groups is 1. The molecular weight excluding hydrogens is 316 g/mol. The summed E-state index contributed by atoms with van der Waals surface area (Å²) >= 11 is 0. The van der Waals surface area contributed by atoms with Crippen molar-refractivity contribution in [2.75, 3.05) is 6.61 Å². The van der Waals surface area contributed by atoms with Crippen molar-refractivity contribution in [1.29, 1.82) is 0 Å². The van der Waals surface area contributed by atoms with Crippen LogP contribution in [0.3, 0.4) is 0 Å². The van der Waals surface area contributed by atoms with Crippen LogP contribution in [0.5, 0.6) is 0 Å². The highest BCUT2D eigenvalue weighted by atomic mass is 16.3. The van der Waals surface area contributed by atoms with Crippen molar-refractivity contribution in [3.05, 3.63) is 71.5 Å². The fourth-order valence-electron chi connectivity index (χ4n) is 2.65. The van der Waals surface area contributed by atoms with Gasteiger partial charge in [-0.15, -0.1) is 0 Å². The van der Waals surface area contributed by atoms with E-state index in [4.69, 9.17) is 0 Å². The number of amides is 1. The molecule has 1 heterocycles. The number of aliphatic hydroxyl groups excluding tert-OH is 1. The Morgan fingerprint density at radius 3 is 2.68 bits per heavy atom. The standard InChI is InChI=1S/C19H20N4O2/c1-13-20-18(23-22-13)15-8-5-9-16(12-15)19(25)21-17(10-11-24)14-6-3-2-4-7-14/h2-9,12,17,24H,10-11H2,1H3,(H,21,25)(H,20,22,23). The Kier molecular flexibility index (Phi) is 5.20. The van der Waals surface area contributed by atoms with E-state index in [2.05, 4.69) is 20.5 Å². The Balaban J connectivity index is 1.80. The number of carbonyl (C=O) groups excluding carboxylic acids is 1. The van der Waals surface area contributed by atoms with E-state index in [9.17, 15) is 9.90 Å². The number of hydrogen-bond acceptors (Lipinski definition) is 4. The van der Waals surface area contributed by atoms with Crippen molar-refractivity contribution in [3.63, 3.8) is 0 Å². The zero-order chi connectivity index (χ0) is 17.6. The van der Waals surface area contributed by atoms with E-state index in [1.54, 1.807) is 18.2 Å². The van der Waals surface area contributed by atoms with Crippen molar-refractivity contribution in [2.24, 2.45) is 0 Å². The number of nitrogens with one attached hydrogen (secondary N) is 2. The number of aromatic nitrogens is 3. The van der Waals surface area contributed by atoms with Gasteiger partial charge in [0.05, 0.1) is 6.04 Å². The summed E-state index contributed by atoms with van der Waals surface area (Å²) < 4.78 is 0. The molecule has 0 saturated carbocycles. The predicted octanol–water partition coefficient (Wildman–Crippen LogP) is 2.63. The number of nitrogens with zero attached hydrogens (tertiary/aromatic N) is 2. The molecule has 0 aliphatic rings. The van der Waals surface area contributed by atoms with Gasteiger partial charge in [0, 0.05) is 17.7 Å². The molecule has 2 aromatic carbocycles. The van der Waals surface area contributed by atoms with Crippen molar-refractivity contribution >= 4 is 5.91 Å². The Labute approximate surface area is 145 Å². The highest BCUT2D eigenvalue weighted by Crippen LogP contribution is 2.19. The second kappa shape index (κ2) is 7.72. The number of hydrogen-bond donors (Lipinski definition) is 3. The summed E-state index contributed by atoms with van der Waals surface area (Å²) in [6.07, 6.45) is 0.454. The summed E-state index contributed by atoms with van der Waals surface area (Å²) in [4.78, 5) is 16.9. The number of aryl methyl sites for hydroxylation is 1. The zero-order valence-corrected chi connectivity index (χ0v) is 13.9. The quantitative estimate of drug-likeness (QED) is 0.645. The molecule has 6 heteroatoms. The molecule has 0 fully saturated rings. The van der Waals surface area contributed by atoms with E-state index in [-0.39, 0.29) is 18.6 Å². The molecular formula is C19H20N4O2. The van der Waals surface area contributed by atoms with Gasteiger partial charge in [-0.25, -0.2) is 4.98 Å². The van der Waals surface area contributed by atoms with Crippen LogP contribution in [0.15, 0.2) is 54.6 Å². The smallest absolute Gasteiger partial charge is 0.251 e. The van der Waals surface area contributed by atoms with E-state index < -0.39 is 0 Å². The van der Waals surface area contributed by atoms with Crippen LogP contribution in [0.1, 0.15) is 34.2 Å². The highest BCUT2D eigenvalue weighted by Gasteiger charge is 2.16. The van der Waals surface area contributed by atoms with Crippen molar-refractivity contribution in [2.45, 2.75) is 19.4 Å². The maximum atomic E-state index is 12.7. The molecule has 1 unspecified atom stereocenters. The van der Waals surface area contributed by atoms with Crippen molar-refractivity contribution in [3.8, 4) is 11.4 Å². The number of aromatic amines is 1. The molecule has 0 spiro atoms. The molecule has 3 N–H and O–H groups in total. The van der Waals surface area contributed by atoms with E-state index in [0.717, 1.165) is 17.0 Å². The minimum atomic E-state index is -0.242. The largest absolute Gasteiger partial charge is 0.396 e.